The summed E-state index contributed by atoms with van der Waals surface area (Å²) in [6.07, 6.45) is 5.43. The van der Waals surface area contributed by atoms with Gasteiger partial charge in [-0.15, -0.1) is 0 Å². The number of piperidine rings is 1. The number of rotatable bonds is 4. The minimum atomic E-state index is -0.429. The first-order valence-electron chi connectivity index (χ1n) is 9.17. The second-order valence-electron chi connectivity index (χ2n) is 7.97. The lowest BCUT2D eigenvalue weighted by molar-refractivity contribution is 0.00889. The zero-order valence-electron chi connectivity index (χ0n) is 15.3. The molecule has 0 aromatic carbocycles. The third kappa shape index (κ3) is 5.96. The summed E-state index contributed by atoms with van der Waals surface area (Å²) in [5, 5.41) is 3.66. The normalized spacial score (nSPS) is 25.2. The summed E-state index contributed by atoms with van der Waals surface area (Å²) in [5.74, 6) is 0.683. The van der Waals surface area contributed by atoms with Crippen LogP contribution in [0.1, 0.15) is 59.8 Å². The van der Waals surface area contributed by atoms with Gasteiger partial charge in [0.15, 0.2) is 0 Å². The van der Waals surface area contributed by atoms with Crippen LogP contribution in [0.5, 0.6) is 0 Å². The van der Waals surface area contributed by atoms with Gasteiger partial charge in [0.25, 0.3) is 0 Å². The Morgan fingerprint density at radius 2 is 1.96 bits per heavy atom. The number of carbonyl (C=O) groups excluding carboxylic acids is 1. The molecule has 0 aromatic heterocycles. The van der Waals surface area contributed by atoms with Gasteiger partial charge in [-0.3, -0.25) is 0 Å². The minimum absolute atomic E-state index is 0.164. The second-order valence-corrected chi connectivity index (χ2v) is 7.97. The summed E-state index contributed by atoms with van der Waals surface area (Å²) in [6, 6.07) is 0.724. The molecule has 5 nitrogen and oxygen atoms in total. The number of hydrogen-bond donors (Lipinski definition) is 1. The van der Waals surface area contributed by atoms with E-state index in [1.165, 1.54) is 6.42 Å². The molecule has 0 aromatic rings. The lowest BCUT2D eigenvalue weighted by Gasteiger charge is -2.38. The molecule has 2 atom stereocenters. The summed E-state index contributed by atoms with van der Waals surface area (Å²) in [6.45, 7) is 11.5. The maximum absolute atomic E-state index is 12.4. The largest absolute Gasteiger partial charge is 0.444 e. The molecule has 0 radical (unpaired) electrons. The summed E-state index contributed by atoms with van der Waals surface area (Å²) in [5.41, 5.74) is -0.429. The van der Waals surface area contributed by atoms with E-state index >= 15 is 0 Å². The maximum atomic E-state index is 12.4. The quantitative estimate of drug-likeness (QED) is 0.862. The zero-order chi connectivity index (χ0) is 16.9. The van der Waals surface area contributed by atoms with E-state index in [9.17, 15) is 4.79 Å². The molecule has 0 spiro atoms. The van der Waals surface area contributed by atoms with E-state index in [1.807, 2.05) is 25.7 Å². The topological polar surface area (TPSA) is 50.8 Å². The number of amides is 1. The molecule has 134 valence electrons. The highest BCUT2D eigenvalue weighted by Gasteiger charge is 2.31. The Balaban J connectivity index is 1.84. The summed E-state index contributed by atoms with van der Waals surface area (Å²) >= 11 is 0. The van der Waals surface area contributed by atoms with Gasteiger partial charge >= 0.3 is 6.09 Å². The van der Waals surface area contributed by atoms with Gasteiger partial charge in [-0.25, -0.2) is 4.79 Å². The molecule has 2 fully saturated rings. The number of ether oxygens (including phenoxy) is 2. The van der Waals surface area contributed by atoms with Crippen LogP contribution in [0, 0.1) is 5.92 Å². The average molecular weight is 326 g/mol. The van der Waals surface area contributed by atoms with Gasteiger partial charge < -0.3 is 19.7 Å². The van der Waals surface area contributed by atoms with Gasteiger partial charge in [-0.2, -0.15) is 0 Å². The highest BCUT2D eigenvalue weighted by atomic mass is 16.6. The van der Waals surface area contributed by atoms with E-state index in [2.05, 4.69) is 12.2 Å². The smallest absolute Gasteiger partial charge is 0.410 e. The van der Waals surface area contributed by atoms with Crippen molar-refractivity contribution in [2.24, 2.45) is 5.92 Å². The average Bonchev–Trinajstić information content (AvgIpc) is 2.52. The summed E-state index contributed by atoms with van der Waals surface area (Å²) < 4.78 is 11.0. The highest BCUT2D eigenvalue weighted by Crippen LogP contribution is 2.22. The maximum Gasteiger partial charge on any atom is 0.410 e. The van der Waals surface area contributed by atoms with E-state index in [0.717, 1.165) is 52.0 Å². The van der Waals surface area contributed by atoms with Crippen molar-refractivity contribution in [3.05, 3.63) is 0 Å². The molecular weight excluding hydrogens is 292 g/mol. The Bertz CT molecular complexity index is 375. The van der Waals surface area contributed by atoms with E-state index in [-0.39, 0.29) is 12.1 Å². The molecule has 2 heterocycles. The fourth-order valence-electron chi connectivity index (χ4n) is 3.48. The van der Waals surface area contributed by atoms with E-state index in [0.29, 0.717) is 12.0 Å². The molecule has 2 aliphatic rings. The predicted molar refractivity (Wildman–Crippen MR) is 91.6 cm³/mol. The van der Waals surface area contributed by atoms with Crippen LogP contribution in [0.3, 0.4) is 0 Å². The first-order valence-corrected chi connectivity index (χ1v) is 9.17. The molecule has 2 rings (SSSR count). The van der Waals surface area contributed by atoms with Crippen LogP contribution in [-0.2, 0) is 9.47 Å². The minimum Gasteiger partial charge on any atom is -0.444 e. The number of hydrogen-bond acceptors (Lipinski definition) is 4. The molecule has 2 aliphatic heterocycles. The fraction of sp³-hybridized carbons (Fsp3) is 0.944. The first-order chi connectivity index (χ1) is 10.9. The van der Waals surface area contributed by atoms with Crippen molar-refractivity contribution in [3.63, 3.8) is 0 Å². The molecule has 1 N–H and O–H groups in total. The Kier molecular flexibility index (Phi) is 6.72. The van der Waals surface area contributed by atoms with Crippen molar-refractivity contribution in [1.82, 2.24) is 10.2 Å². The molecule has 0 bridgehead atoms. The fourth-order valence-corrected chi connectivity index (χ4v) is 3.48. The lowest BCUT2D eigenvalue weighted by atomic mass is 9.92. The van der Waals surface area contributed by atoms with Crippen molar-refractivity contribution in [2.45, 2.75) is 77.5 Å². The SMILES string of the molecule is CC(NCC1CCCCN1C(=O)OC(C)(C)C)C1CCOCC1. The van der Waals surface area contributed by atoms with Gasteiger partial charge in [-0.1, -0.05) is 0 Å². The van der Waals surface area contributed by atoms with Crippen LogP contribution >= 0.6 is 0 Å². The first kappa shape index (κ1) is 18.5. The molecule has 0 saturated carbocycles. The molecule has 2 saturated heterocycles. The van der Waals surface area contributed by atoms with Crippen molar-refractivity contribution in [1.29, 1.82) is 0 Å². The molecule has 1 amide bonds. The number of nitrogens with zero attached hydrogens (tertiary/aromatic N) is 1. The molecule has 0 aliphatic carbocycles. The van der Waals surface area contributed by atoms with Crippen LogP contribution in [0.4, 0.5) is 4.79 Å². The summed E-state index contributed by atoms with van der Waals surface area (Å²) in [7, 11) is 0. The Labute approximate surface area is 141 Å². The van der Waals surface area contributed by atoms with Gasteiger partial charge in [0.2, 0.25) is 0 Å². The Morgan fingerprint density at radius 3 is 2.61 bits per heavy atom. The van der Waals surface area contributed by atoms with Crippen LogP contribution in [0.25, 0.3) is 0 Å². The third-order valence-corrected chi connectivity index (χ3v) is 4.90. The molecule has 5 heteroatoms. The standard InChI is InChI=1S/C18H34N2O3/c1-14(15-8-11-22-12-9-15)19-13-16-7-5-6-10-20(16)17(21)23-18(2,3)4/h14-16,19H,5-13H2,1-4H3. The number of nitrogens with one attached hydrogen (secondary N) is 1. The van der Waals surface area contributed by atoms with Crippen molar-refractivity contribution < 1.29 is 14.3 Å². The van der Waals surface area contributed by atoms with E-state index in [4.69, 9.17) is 9.47 Å². The van der Waals surface area contributed by atoms with Crippen molar-refractivity contribution in [3.8, 4) is 0 Å². The molecule has 2 unspecified atom stereocenters. The molecule has 23 heavy (non-hydrogen) atoms. The Morgan fingerprint density at radius 1 is 1.26 bits per heavy atom. The van der Waals surface area contributed by atoms with Crippen LogP contribution in [-0.4, -0.2) is 55.0 Å². The van der Waals surface area contributed by atoms with Crippen molar-refractivity contribution in [2.75, 3.05) is 26.3 Å². The van der Waals surface area contributed by atoms with Gasteiger partial charge in [0.1, 0.15) is 5.60 Å². The lowest BCUT2D eigenvalue weighted by Crippen LogP contribution is -2.52. The summed E-state index contributed by atoms with van der Waals surface area (Å²) in [4.78, 5) is 14.4. The monoisotopic (exact) mass is 326 g/mol. The number of likely N-dealkylation sites (tertiary alicyclic amines) is 1. The number of carbonyl (C=O) groups is 1. The van der Waals surface area contributed by atoms with Crippen molar-refractivity contribution >= 4 is 6.09 Å². The van der Waals surface area contributed by atoms with Gasteiger partial charge in [-0.05, 0) is 65.7 Å². The van der Waals surface area contributed by atoms with E-state index < -0.39 is 5.60 Å². The van der Waals surface area contributed by atoms with Gasteiger partial charge in [0, 0.05) is 38.4 Å². The second kappa shape index (κ2) is 8.34. The van der Waals surface area contributed by atoms with Crippen LogP contribution in [0.2, 0.25) is 0 Å². The van der Waals surface area contributed by atoms with Crippen LogP contribution in [0.15, 0.2) is 0 Å². The zero-order valence-corrected chi connectivity index (χ0v) is 15.3. The van der Waals surface area contributed by atoms with E-state index in [1.54, 1.807) is 0 Å². The third-order valence-electron chi connectivity index (χ3n) is 4.90. The van der Waals surface area contributed by atoms with Crippen LogP contribution < -0.4 is 5.32 Å². The molecular formula is C18H34N2O3. The highest BCUT2D eigenvalue weighted by molar-refractivity contribution is 5.68. The Hall–Kier alpha value is -0.810. The predicted octanol–water partition coefficient (Wildman–Crippen LogP) is 3.18. The van der Waals surface area contributed by atoms with Gasteiger partial charge in [0.05, 0.1) is 0 Å².